The van der Waals surface area contributed by atoms with Crippen LogP contribution in [0.1, 0.15) is 27.7 Å². The van der Waals surface area contributed by atoms with Crippen LogP contribution in [0.5, 0.6) is 0 Å². The first-order valence-electron chi connectivity index (χ1n) is 8.08. The van der Waals surface area contributed by atoms with Crippen molar-refractivity contribution >= 4 is 33.5 Å². The van der Waals surface area contributed by atoms with Crippen molar-refractivity contribution in [3.05, 3.63) is 29.3 Å². The molecule has 0 bridgehead atoms. The largest absolute Gasteiger partial charge is 0.454 e. The minimum absolute atomic E-state index is 0.0639. The van der Waals surface area contributed by atoms with Gasteiger partial charge in [0.2, 0.25) is 10.0 Å². The fourth-order valence-electron chi connectivity index (χ4n) is 1.85. The Bertz CT molecular complexity index is 833. The van der Waals surface area contributed by atoms with Gasteiger partial charge in [-0.05, 0) is 44.0 Å². The lowest BCUT2D eigenvalue weighted by Gasteiger charge is -2.27. The van der Waals surface area contributed by atoms with Gasteiger partial charge in [0.1, 0.15) is 11.6 Å². The number of ether oxygens (including phenoxy) is 1. The van der Waals surface area contributed by atoms with Crippen LogP contribution in [0, 0.1) is 17.2 Å². The molecule has 0 saturated carbocycles. The molecule has 0 saturated heterocycles. The number of esters is 1. The van der Waals surface area contributed by atoms with Crippen LogP contribution in [0.15, 0.2) is 29.2 Å². The zero-order valence-corrected chi connectivity index (χ0v) is 17.0. The Kier molecular flexibility index (Phi) is 7.77. The SMILES string of the molecule is CC(C)[C@@](C)(C#N)NC(=O)COC(=O)[C@H](C)NS(=O)(=O)c1ccc(Cl)cc1. The summed E-state index contributed by atoms with van der Waals surface area (Å²) in [5.74, 6) is -1.74. The maximum atomic E-state index is 12.2. The third kappa shape index (κ3) is 6.50. The number of hydrogen-bond donors (Lipinski definition) is 2. The Balaban J connectivity index is 2.63. The van der Waals surface area contributed by atoms with E-state index in [9.17, 15) is 18.0 Å². The molecular formula is C17H22ClN3O5S. The van der Waals surface area contributed by atoms with Crippen molar-refractivity contribution in [2.45, 2.75) is 44.2 Å². The van der Waals surface area contributed by atoms with Crippen LogP contribution < -0.4 is 10.0 Å². The summed E-state index contributed by atoms with van der Waals surface area (Å²) in [6.45, 7) is 5.75. The number of amides is 1. The Hall–Kier alpha value is -2.15. The van der Waals surface area contributed by atoms with Gasteiger partial charge < -0.3 is 10.1 Å². The lowest BCUT2D eigenvalue weighted by Crippen LogP contribution is -2.50. The normalized spacial score (nSPS) is 14.7. The van der Waals surface area contributed by atoms with E-state index in [2.05, 4.69) is 10.0 Å². The Morgan fingerprint density at radius 2 is 1.81 bits per heavy atom. The number of carbonyl (C=O) groups is 2. The molecule has 8 nitrogen and oxygen atoms in total. The zero-order chi connectivity index (χ0) is 20.8. The van der Waals surface area contributed by atoms with Gasteiger partial charge in [-0.2, -0.15) is 9.98 Å². The summed E-state index contributed by atoms with van der Waals surface area (Å²) in [4.78, 5) is 23.8. The first-order valence-corrected chi connectivity index (χ1v) is 9.94. The van der Waals surface area contributed by atoms with Crippen molar-refractivity contribution in [2.75, 3.05) is 6.61 Å². The Morgan fingerprint density at radius 3 is 2.30 bits per heavy atom. The first kappa shape index (κ1) is 22.9. The molecule has 1 aromatic rings. The molecule has 1 aromatic carbocycles. The Morgan fingerprint density at radius 1 is 1.26 bits per heavy atom. The van der Waals surface area contributed by atoms with Crippen LogP contribution >= 0.6 is 11.6 Å². The lowest BCUT2D eigenvalue weighted by atomic mass is 9.90. The van der Waals surface area contributed by atoms with Gasteiger partial charge in [0.05, 0.1) is 11.0 Å². The average Bonchev–Trinajstić information content (AvgIpc) is 2.59. The number of nitrogens with one attached hydrogen (secondary N) is 2. The maximum Gasteiger partial charge on any atom is 0.324 e. The molecule has 0 heterocycles. The molecule has 0 aromatic heterocycles. The monoisotopic (exact) mass is 415 g/mol. The Labute approximate surface area is 163 Å². The summed E-state index contributed by atoms with van der Waals surface area (Å²) in [7, 11) is -3.96. The second-order valence-corrected chi connectivity index (χ2v) is 8.57. The zero-order valence-electron chi connectivity index (χ0n) is 15.4. The highest BCUT2D eigenvalue weighted by Gasteiger charge is 2.30. The molecule has 1 amide bonds. The summed E-state index contributed by atoms with van der Waals surface area (Å²) in [5, 5.41) is 12.0. The quantitative estimate of drug-likeness (QED) is 0.621. The topological polar surface area (TPSA) is 125 Å². The van der Waals surface area contributed by atoms with Gasteiger partial charge in [0, 0.05) is 5.02 Å². The highest BCUT2D eigenvalue weighted by Crippen LogP contribution is 2.15. The van der Waals surface area contributed by atoms with Gasteiger partial charge in [-0.1, -0.05) is 25.4 Å². The van der Waals surface area contributed by atoms with Gasteiger partial charge in [-0.15, -0.1) is 0 Å². The van der Waals surface area contributed by atoms with E-state index in [1.165, 1.54) is 31.2 Å². The number of sulfonamides is 1. The van der Waals surface area contributed by atoms with Crippen molar-refractivity contribution < 1.29 is 22.7 Å². The molecule has 0 fully saturated rings. The molecule has 148 valence electrons. The van der Waals surface area contributed by atoms with E-state index in [1.54, 1.807) is 20.8 Å². The van der Waals surface area contributed by atoms with Gasteiger partial charge in [-0.25, -0.2) is 8.42 Å². The fourth-order valence-corrected chi connectivity index (χ4v) is 3.17. The highest BCUT2D eigenvalue weighted by atomic mass is 35.5. The maximum absolute atomic E-state index is 12.2. The van der Waals surface area contributed by atoms with E-state index >= 15 is 0 Å². The highest BCUT2D eigenvalue weighted by molar-refractivity contribution is 7.89. The molecule has 0 aliphatic heterocycles. The molecule has 2 atom stereocenters. The minimum Gasteiger partial charge on any atom is -0.454 e. The third-order valence-corrected chi connectivity index (χ3v) is 5.75. The summed E-state index contributed by atoms with van der Waals surface area (Å²) >= 11 is 5.72. The van der Waals surface area contributed by atoms with Crippen LogP contribution in [-0.4, -0.2) is 38.5 Å². The van der Waals surface area contributed by atoms with Crippen molar-refractivity contribution in [2.24, 2.45) is 5.92 Å². The van der Waals surface area contributed by atoms with E-state index in [1.807, 2.05) is 6.07 Å². The number of carbonyl (C=O) groups excluding carboxylic acids is 2. The number of nitriles is 1. The van der Waals surface area contributed by atoms with Gasteiger partial charge in [-0.3, -0.25) is 9.59 Å². The van der Waals surface area contributed by atoms with Crippen LogP contribution in [0.3, 0.4) is 0 Å². The van der Waals surface area contributed by atoms with Crippen LogP contribution in [0.25, 0.3) is 0 Å². The summed E-state index contributed by atoms with van der Waals surface area (Å²) in [6, 6.07) is 6.19. The molecule has 0 radical (unpaired) electrons. The van der Waals surface area contributed by atoms with Crippen LogP contribution in [0.4, 0.5) is 0 Å². The van der Waals surface area contributed by atoms with Gasteiger partial charge >= 0.3 is 5.97 Å². The average molecular weight is 416 g/mol. The van der Waals surface area contributed by atoms with E-state index in [-0.39, 0.29) is 10.8 Å². The number of hydrogen-bond acceptors (Lipinski definition) is 6. The number of halogens is 1. The molecule has 0 aliphatic rings. The van der Waals surface area contributed by atoms with Gasteiger partial charge in [0.25, 0.3) is 5.91 Å². The molecule has 0 spiro atoms. The third-order valence-electron chi connectivity index (χ3n) is 3.94. The summed E-state index contributed by atoms with van der Waals surface area (Å²) < 4.78 is 31.4. The van der Waals surface area contributed by atoms with Crippen molar-refractivity contribution in [1.29, 1.82) is 5.26 Å². The molecule has 0 aliphatic carbocycles. The van der Waals surface area contributed by atoms with E-state index in [0.717, 1.165) is 0 Å². The predicted molar refractivity (Wildman–Crippen MR) is 99.2 cm³/mol. The molecule has 10 heteroatoms. The summed E-state index contributed by atoms with van der Waals surface area (Å²) in [5.41, 5.74) is -1.11. The molecule has 1 rings (SSSR count). The standard InChI is InChI=1S/C17H22ClN3O5S/c1-11(2)17(4,10-19)20-15(22)9-26-16(23)12(3)21-27(24,25)14-7-5-13(18)6-8-14/h5-8,11-12,21H,9H2,1-4H3,(H,20,22)/t12-,17+/m0/s1. The van der Waals surface area contributed by atoms with Crippen molar-refractivity contribution in [3.63, 3.8) is 0 Å². The fraction of sp³-hybridized carbons (Fsp3) is 0.471. The number of rotatable bonds is 8. The minimum atomic E-state index is -3.96. The van der Waals surface area contributed by atoms with E-state index in [0.29, 0.717) is 5.02 Å². The molecule has 0 unspecified atom stereocenters. The molecule has 27 heavy (non-hydrogen) atoms. The van der Waals surface area contributed by atoms with Crippen molar-refractivity contribution in [1.82, 2.24) is 10.0 Å². The van der Waals surface area contributed by atoms with Crippen molar-refractivity contribution in [3.8, 4) is 6.07 Å². The molecule has 2 N–H and O–H groups in total. The second-order valence-electron chi connectivity index (χ2n) is 6.42. The predicted octanol–water partition coefficient (Wildman–Crippen LogP) is 1.60. The lowest BCUT2D eigenvalue weighted by molar-refractivity contribution is -0.150. The van der Waals surface area contributed by atoms with Crippen LogP contribution in [-0.2, 0) is 24.3 Å². The second kappa shape index (κ2) is 9.17. The summed E-state index contributed by atoms with van der Waals surface area (Å²) in [6.07, 6.45) is 0. The number of nitrogens with zero attached hydrogens (tertiary/aromatic N) is 1. The van der Waals surface area contributed by atoms with Gasteiger partial charge in [0.15, 0.2) is 6.61 Å². The molecular weight excluding hydrogens is 394 g/mol. The number of benzene rings is 1. The smallest absolute Gasteiger partial charge is 0.324 e. The van der Waals surface area contributed by atoms with E-state index in [4.69, 9.17) is 21.6 Å². The first-order chi connectivity index (χ1) is 12.4. The van der Waals surface area contributed by atoms with Crippen LogP contribution in [0.2, 0.25) is 5.02 Å². The van der Waals surface area contributed by atoms with E-state index < -0.39 is 40.1 Å².